The van der Waals surface area contributed by atoms with E-state index >= 15 is 0 Å². The number of allylic oxidation sites excluding steroid dienone is 6. The molecule has 55 heavy (non-hydrogen) atoms. The van der Waals surface area contributed by atoms with Crippen LogP contribution < -0.4 is 0 Å². The highest BCUT2D eigenvalue weighted by Gasteiger charge is 2.19. The van der Waals surface area contributed by atoms with Crippen LogP contribution in [0.5, 0.6) is 0 Å². The lowest BCUT2D eigenvalue weighted by Crippen LogP contribution is -2.30. The molecule has 0 aromatic heterocycles. The monoisotopic (exact) mass is 773 g/mol. The molecule has 0 radical (unpaired) electrons. The lowest BCUT2D eigenvalue weighted by molar-refractivity contribution is -0.167. The van der Waals surface area contributed by atoms with Crippen molar-refractivity contribution in [3.63, 3.8) is 0 Å². The van der Waals surface area contributed by atoms with Gasteiger partial charge in [-0.05, 0) is 64.2 Å². The molecule has 0 aliphatic carbocycles. The van der Waals surface area contributed by atoms with Crippen molar-refractivity contribution in [1.29, 1.82) is 0 Å². The molecule has 0 spiro atoms. The number of carbonyl (C=O) groups excluding carboxylic acids is 3. The molecule has 1 unspecified atom stereocenters. The van der Waals surface area contributed by atoms with Crippen molar-refractivity contribution >= 4 is 17.9 Å². The highest BCUT2D eigenvalue weighted by Crippen LogP contribution is 2.14. The Labute approximate surface area is 340 Å². The highest BCUT2D eigenvalue weighted by molar-refractivity contribution is 5.71. The van der Waals surface area contributed by atoms with Gasteiger partial charge in [-0.25, -0.2) is 0 Å². The molecule has 0 fully saturated rings. The van der Waals surface area contributed by atoms with Gasteiger partial charge in [-0.3, -0.25) is 14.4 Å². The molecule has 0 bridgehead atoms. The standard InChI is InChI=1S/C49H88O6/c1-4-7-10-13-16-19-22-23-24-25-28-30-33-36-39-42-48(51)54-45-46(55-49(52)43-40-37-34-31-27-21-18-15-12-9-6-3)44-53-47(50)41-38-35-32-29-26-20-17-14-11-8-5-2/h15-16,18-19,22-23,46H,4-14,17,20-21,24-45H2,1-3H3/b18-15-,19-16-,23-22-. The maximum Gasteiger partial charge on any atom is 0.306 e. The fourth-order valence-electron chi connectivity index (χ4n) is 6.53. The molecule has 0 aliphatic heterocycles. The summed E-state index contributed by atoms with van der Waals surface area (Å²) in [5, 5.41) is 0. The van der Waals surface area contributed by atoms with Gasteiger partial charge in [0.25, 0.3) is 0 Å². The number of carbonyl (C=O) groups is 3. The molecule has 0 amide bonds. The quantitative estimate of drug-likeness (QED) is 0.0202. The van der Waals surface area contributed by atoms with Crippen molar-refractivity contribution in [2.75, 3.05) is 13.2 Å². The van der Waals surface area contributed by atoms with Crippen LogP contribution in [0.2, 0.25) is 0 Å². The summed E-state index contributed by atoms with van der Waals surface area (Å²) in [4.78, 5) is 37.7. The smallest absolute Gasteiger partial charge is 0.306 e. The summed E-state index contributed by atoms with van der Waals surface area (Å²) in [5.41, 5.74) is 0. The Kier molecular flexibility index (Phi) is 42.4. The van der Waals surface area contributed by atoms with Crippen LogP contribution in [0.4, 0.5) is 0 Å². The van der Waals surface area contributed by atoms with Crippen LogP contribution in [-0.4, -0.2) is 37.2 Å². The van der Waals surface area contributed by atoms with Gasteiger partial charge < -0.3 is 14.2 Å². The second kappa shape index (κ2) is 44.3. The predicted octanol–water partition coefficient (Wildman–Crippen LogP) is 15.0. The van der Waals surface area contributed by atoms with Gasteiger partial charge >= 0.3 is 17.9 Å². The summed E-state index contributed by atoms with van der Waals surface area (Å²) >= 11 is 0. The van der Waals surface area contributed by atoms with Crippen LogP contribution in [0.1, 0.15) is 239 Å². The second-order valence-electron chi connectivity index (χ2n) is 15.7. The summed E-state index contributed by atoms with van der Waals surface area (Å²) in [6, 6.07) is 0. The van der Waals surface area contributed by atoms with E-state index in [1.807, 2.05) is 0 Å². The Morgan fingerprint density at radius 3 is 1.11 bits per heavy atom. The van der Waals surface area contributed by atoms with Crippen molar-refractivity contribution < 1.29 is 28.6 Å². The number of hydrogen-bond acceptors (Lipinski definition) is 6. The van der Waals surface area contributed by atoms with E-state index in [0.717, 1.165) is 77.0 Å². The highest BCUT2D eigenvalue weighted by atomic mass is 16.6. The Hall–Kier alpha value is -2.37. The topological polar surface area (TPSA) is 78.9 Å². The van der Waals surface area contributed by atoms with Crippen LogP contribution >= 0.6 is 0 Å². The van der Waals surface area contributed by atoms with Gasteiger partial charge in [0.1, 0.15) is 13.2 Å². The van der Waals surface area contributed by atoms with Gasteiger partial charge in [0.2, 0.25) is 0 Å². The first-order chi connectivity index (χ1) is 27.0. The Bertz CT molecular complexity index is 938. The normalized spacial score (nSPS) is 12.3. The van der Waals surface area contributed by atoms with Gasteiger partial charge in [-0.1, -0.05) is 192 Å². The molecule has 0 saturated carbocycles. The molecule has 320 valence electrons. The molecule has 0 aromatic carbocycles. The van der Waals surface area contributed by atoms with Gasteiger partial charge in [0.15, 0.2) is 6.10 Å². The Morgan fingerprint density at radius 1 is 0.364 bits per heavy atom. The van der Waals surface area contributed by atoms with Gasteiger partial charge in [0, 0.05) is 19.3 Å². The zero-order chi connectivity index (χ0) is 40.1. The van der Waals surface area contributed by atoms with E-state index in [-0.39, 0.29) is 31.1 Å². The fraction of sp³-hybridized carbons (Fsp3) is 0.816. The zero-order valence-corrected chi connectivity index (χ0v) is 36.4. The van der Waals surface area contributed by atoms with Crippen LogP contribution in [-0.2, 0) is 28.6 Å². The minimum Gasteiger partial charge on any atom is -0.462 e. The molecular formula is C49H88O6. The lowest BCUT2D eigenvalue weighted by Gasteiger charge is -2.18. The van der Waals surface area contributed by atoms with E-state index in [9.17, 15) is 14.4 Å². The predicted molar refractivity (Wildman–Crippen MR) is 233 cm³/mol. The number of rotatable bonds is 42. The average molecular weight is 773 g/mol. The van der Waals surface area contributed by atoms with E-state index in [1.165, 1.54) is 122 Å². The number of esters is 3. The largest absolute Gasteiger partial charge is 0.462 e. The molecule has 0 aliphatic rings. The van der Waals surface area contributed by atoms with Crippen LogP contribution in [0.3, 0.4) is 0 Å². The summed E-state index contributed by atoms with van der Waals surface area (Å²) in [7, 11) is 0. The second-order valence-corrected chi connectivity index (χ2v) is 15.7. The Balaban J connectivity index is 4.37. The number of ether oxygens (including phenoxy) is 3. The van der Waals surface area contributed by atoms with Crippen molar-refractivity contribution in [2.24, 2.45) is 0 Å². The van der Waals surface area contributed by atoms with Gasteiger partial charge in [-0.2, -0.15) is 0 Å². The first-order valence-corrected chi connectivity index (χ1v) is 23.5. The van der Waals surface area contributed by atoms with E-state index in [4.69, 9.17) is 14.2 Å². The van der Waals surface area contributed by atoms with Crippen LogP contribution in [0, 0.1) is 0 Å². The Morgan fingerprint density at radius 2 is 0.673 bits per heavy atom. The average Bonchev–Trinajstić information content (AvgIpc) is 3.18. The minimum absolute atomic E-state index is 0.0773. The zero-order valence-electron chi connectivity index (χ0n) is 36.4. The first kappa shape index (κ1) is 52.6. The maximum atomic E-state index is 12.7. The molecule has 0 N–H and O–H groups in total. The SMILES string of the molecule is CCCC/C=C\CCCCCCCC(=O)OC(COC(=O)CCCCCCCC/C=C\C=C/CCCCC)COC(=O)CCCCCCCCCCCCC. The molecule has 0 rings (SSSR count). The minimum atomic E-state index is -0.775. The summed E-state index contributed by atoms with van der Waals surface area (Å²) in [6.07, 6.45) is 49.8. The van der Waals surface area contributed by atoms with Crippen molar-refractivity contribution in [1.82, 2.24) is 0 Å². The summed E-state index contributed by atoms with van der Waals surface area (Å²) in [5.74, 6) is -0.897. The van der Waals surface area contributed by atoms with E-state index in [2.05, 4.69) is 57.2 Å². The summed E-state index contributed by atoms with van der Waals surface area (Å²) in [6.45, 7) is 6.54. The van der Waals surface area contributed by atoms with Gasteiger partial charge in [-0.15, -0.1) is 0 Å². The van der Waals surface area contributed by atoms with Gasteiger partial charge in [0.05, 0.1) is 0 Å². The molecule has 6 nitrogen and oxygen atoms in total. The lowest BCUT2D eigenvalue weighted by atomic mass is 10.1. The molecule has 0 aromatic rings. The fourth-order valence-corrected chi connectivity index (χ4v) is 6.53. The maximum absolute atomic E-state index is 12.7. The third-order valence-corrected chi connectivity index (χ3v) is 10.1. The number of hydrogen-bond donors (Lipinski definition) is 0. The van der Waals surface area contributed by atoms with Crippen molar-refractivity contribution in [3.8, 4) is 0 Å². The number of unbranched alkanes of at least 4 members (excludes halogenated alkanes) is 26. The van der Waals surface area contributed by atoms with Crippen molar-refractivity contribution in [2.45, 2.75) is 245 Å². The molecule has 6 heteroatoms. The molecule has 0 heterocycles. The third-order valence-electron chi connectivity index (χ3n) is 10.1. The van der Waals surface area contributed by atoms with E-state index < -0.39 is 6.10 Å². The third kappa shape index (κ3) is 42.6. The van der Waals surface area contributed by atoms with Crippen molar-refractivity contribution in [3.05, 3.63) is 36.5 Å². The molecule has 1 atom stereocenters. The molecule has 0 saturated heterocycles. The van der Waals surface area contributed by atoms with Crippen LogP contribution in [0.15, 0.2) is 36.5 Å². The van der Waals surface area contributed by atoms with Crippen LogP contribution in [0.25, 0.3) is 0 Å². The molecular weight excluding hydrogens is 685 g/mol. The summed E-state index contributed by atoms with van der Waals surface area (Å²) < 4.78 is 16.7. The van der Waals surface area contributed by atoms with E-state index in [0.29, 0.717) is 19.3 Å². The first-order valence-electron chi connectivity index (χ1n) is 23.5. The van der Waals surface area contributed by atoms with E-state index in [1.54, 1.807) is 0 Å².